The summed E-state index contributed by atoms with van der Waals surface area (Å²) in [6.45, 7) is 4.03. The maximum atomic E-state index is 13.5. The van der Waals surface area contributed by atoms with Gasteiger partial charge >= 0.3 is 6.03 Å². The molecule has 44 heavy (non-hydrogen) atoms. The summed E-state index contributed by atoms with van der Waals surface area (Å²) in [7, 11) is -2.22. The minimum atomic E-state index is -3.86. The van der Waals surface area contributed by atoms with Gasteiger partial charge in [-0.25, -0.2) is 13.2 Å². The Bertz CT molecular complexity index is 1620. The number of carbonyl (C=O) groups is 2. The van der Waals surface area contributed by atoms with Crippen LogP contribution < -0.4 is 24.2 Å². The highest BCUT2D eigenvalue weighted by Gasteiger charge is 2.32. The van der Waals surface area contributed by atoms with E-state index in [-0.39, 0.29) is 61.3 Å². The van der Waals surface area contributed by atoms with Crippen LogP contribution in [-0.4, -0.2) is 80.9 Å². The van der Waals surface area contributed by atoms with E-state index in [9.17, 15) is 23.1 Å². The van der Waals surface area contributed by atoms with E-state index in [0.717, 1.165) is 0 Å². The number of carbonyl (C=O) groups excluding carboxylic acids is 2. The summed E-state index contributed by atoms with van der Waals surface area (Å²) in [6, 6.07) is 17.1. The van der Waals surface area contributed by atoms with Gasteiger partial charge in [-0.15, -0.1) is 0 Å². The largest absolute Gasteiger partial charge is 0.488 e. The number of anilines is 2. The molecule has 0 bridgehead atoms. The lowest BCUT2D eigenvalue weighted by Gasteiger charge is -2.34. The van der Waals surface area contributed by atoms with Crippen LogP contribution in [0.25, 0.3) is 0 Å². The van der Waals surface area contributed by atoms with Crippen LogP contribution >= 0.6 is 0 Å². The molecule has 12 nitrogen and oxygen atoms in total. The van der Waals surface area contributed by atoms with Gasteiger partial charge in [-0.2, -0.15) is 0 Å². The summed E-state index contributed by atoms with van der Waals surface area (Å²) < 4.78 is 45.7. The van der Waals surface area contributed by atoms with Gasteiger partial charge in [-0.1, -0.05) is 25.1 Å². The highest BCUT2D eigenvalue weighted by atomic mass is 32.2. The molecular formula is C31H36N4O8S. The van der Waals surface area contributed by atoms with Crippen LogP contribution in [0.5, 0.6) is 17.2 Å². The predicted molar refractivity (Wildman–Crippen MR) is 163 cm³/mol. The summed E-state index contributed by atoms with van der Waals surface area (Å²) in [6.07, 6.45) is -0.618. The number of aliphatic hydroxyl groups excluding tert-OH is 1. The number of aliphatic hydroxyl groups is 1. The molecule has 2 heterocycles. The van der Waals surface area contributed by atoms with Gasteiger partial charge in [0.2, 0.25) is 12.7 Å². The number of nitrogens with zero attached hydrogens (tertiary/aromatic N) is 2. The van der Waals surface area contributed by atoms with Gasteiger partial charge in [0, 0.05) is 42.5 Å². The van der Waals surface area contributed by atoms with E-state index in [4.69, 9.17) is 14.2 Å². The first-order valence-corrected chi connectivity index (χ1v) is 15.7. The van der Waals surface area contributed by atoms with Crippen LogP contribution in [0.4, 0.5) is 16.2 Å². The molecule has 0 saturated carbocycles. The van der Waals surface area contributed by atoms with Gasteiger partial charge in [-0.05, 0) is 49.4 Å². The van der Waals surface area contributed by atoms with Crippen molar-refractivity contribution in [3.05, 3.63) is 72.3 Å². The lowest BCUT2D eigenvalue weighted by Crippen LogP contribution is -2.48. The number of sulfonamides is 1. The van der Waals surface area contributed by atoms with E-state index in [1.807, 2.05) is 6.92 Å². The standard InChI is InChI=1S/C31H36N4O8S/c1-20-16-35(21(2)18-36)30(37)14-22-13-24(33-44(39,40)25-7-5-4-6-8-25)10-11-26(22)43-29(20)17-34(3)31(38)32-23-9-12-27-28(15-23)42-19-41-27/h4-13,15,20-21,29,33,36H,14,16-19H2,1-3H3,(H,32,38)/t20-,21-,29-/m1/s1. The quantitative estimate of drug-likeness (QED) is 0.345. The Kier molecular flexibility index (Phi) is 9.16. The van der Waals surface area contributed by atoms with Crippen molar-refractivity contribution in [2.45, 2.75) is 37.3 Å². The highest BCUT2D eigenvalue weighted by Crippen LogP contribution is 2.34. The minimum Gasteiger partial charge on any atom is -0.488 e. The van der Waals surface area contributed by atoms with Crippen LogP contribution in [0.3, 0.4) is 0 Å². The molecule has 2 aliphatic heterocycles. The first kappa shape index (κ1) is 31.0. The molecule has 3 amide bonds. The number of ether oxygens (including phenoxy) is 3. The van der Waals surface area contributed by atoms with E-state index in [1.165, 1.54) is 17.0 Å². The summed E-state index contributed by atoms with van der Waals surface area (Å²) in [5.41, 5.74) is 1.29. The SMILES string of the molecule is C[C@@H]1CN([C@H](C)CO)C(=O)Cc2cc(NS(=O)(=O)c3ccccc3)ccc2O[C@@H]1CN(C)C(=O)Nc1ccc2c(c1)OCO2. The molecule has 3 aromatic rings. The molecule has 5 rings (SSSR count). The molecule has 0 aliphatic carbocycles. The Morgan fingerprint density at radius 2 is 1.75 bits per heavy atom. The molecule has 3 N–H and O–H groups in total. The molecular weight excluding hydrogens is 588 g/mol. The molecule has 0 spiro atoms. The van der Waals surface area contributed by atoms with E-state index < -0.39 is 22.2 Å². The van der Waals surface area contributed by atoms with Crippen LogP contribution in [0.2, 0.25) is 0 Å². The molecule has 3 atom stereocenters. The third-order valence-electron chi connectivity index (χ3n) is 7.65. The topological polar surface area (TPSA) is 147 Å². The van der Waals surface area contributed by atoms with Crippen LogP contribution in [0.1, 0.15) is 19.4 Å². The first-order chi connectivity index (χ1) is 21.0. The molecule has 0 saturated heterocycles. The smallest absolute Gasteiger partial charge is 0.321 e. The summed E-state index contributed by atoms with van der Waals surface area (Å²) in [4.78, 5) is 29.8. The number of amides is 3. The zero-order chi connectivity index (χ0) is 31.4. The number of benzene rings is 3. The zero-order valence-electron chi connectivity index (χ0n) is 24.7. The van der Waals surface area contributed by atoms with Crippen LogP contribution in [0.15, 0.2) is 71.6 Å². The summed E-state index contributed by atoms with van der Waals surface area (Å²) >= 11 is 0. The van der Waals surface area contributed by atoms with Gasteiger partial charge in [0.25, 0.3) is 10.0 Å². The lowest BCUT2D eigenvalue weighted by molar-refractivity contribution is -0.134. The second-order valence-corrected chi connectivity index (χ2v) is 12.7. The van der Waals surface area contributed by atoms with Crippen molar-refractivity contribution in [2.75, 3.05) is 43.6 Å². The van der Waals surface area contributed by atoms with E-state index >= 15 is 0 Å². The molecule has 0 aromatic heterocycles. The monoisotopic (exact) mass is 624 g/mol. The average Bonchev–Trinajstić information content (AvgIpc) is 3.49. The number of rotatable bonds is 8. The number of nitrogens with one attached hydrogen (secondary N) is 2. The Balaban J connectivity index is 1.38. The van der Waals surface area contributed by atoms with E-state index in [2.05, 4.69) is 10.0 Å². The van der Waals surface area contributed by atoms with Crippen LogP contribution in [0, 0.1) is 5.92 Å². The fraction of sp³-hybridized carbons (Fsp3) is 0.355. The average molecular weight is 625 g/mol. The van der Waals surface area contributed by atoms with Gasteiger partial charge in [-0.3, -0.25) is 9.52 Å². The fourth-order valence-corrected chi connectivity index (χ4v) is 6.14. The highest BCUT2D eigenvalue weighted by molar-refractivity contribution is 7.92. The number of fused-ring (bicyclic) bond motifs is 2. The minimum absolute atomic E-state index is 0.0690. The molecule has 3 aromatic carbocycles. The number of hydrogen-bond donors (Lipinski definition) is 3. The van der Waals surface area contributed by atoms with Crippen molar-refractivity contribution in [1.29, 1.82) is 0 Å². The van der Waals surface area contributed by atoms with Crippen molar-refractivity contribution in [3.63, 3.8) is 0 Å². The predicted octanol–water partition coefficient (Wildman–Crippen LogP) is 3.53. The van der Waals surface area contributed by atoms with Gasteiger partial charge in [0.05, 0.1) is 30.5 Å². The second-order valence-electron chi connectivity index (χ2n) is 11.0. The zero-order valence-corrected chi connectivity index (χ0v) is 25.5. The van der Waals surface area contributed by atoms with Crippen molar-refractivity contribution in [2.24, 2.45) is 5.92 Å². The number of likely N-dealkylation sites (N-methyl/N-ethyl adjacent to an activating group) is 1. The summed E-state index contributed by atoms with van der Waals surface area (Å²) in [5, 5.41) is 12.8. The molecule has 13 heteroatoms. The van der Waals surface area contributed by atoms with Gasteiger partial charge < -0.3 is 34.4 Å². The van der Waals surface area contributed by atoms with E-state index in [1.54, 1.807) is 73.5 Å². The second kappa shape index (κ2) is 13.0. The van der Waals surface area contributed by atoms with Gasteiger partial charge in [0.15, 0.2) is 11.5 Å². The molecule has 0 radical (unpaired) electrons. The first-order valence-electron chi connectivity index (χ1n) is 14.2. The Hall–Kier alpha value is -4.49. The molecule has 0 fully saturated rings. The summed E-state index contributed by atoms with van der Waals surface area (Å²) in [5.74, 6) is 1.08. The maximum absolute atomic E-state index is 13.5. The lowest BCUT2D eigenvalue weighted by atomic mass is 10.0. The van der Waals surface area contributed by atoms with Crippen molar-refractivity contribution < 1.29 is 37.3 Å². The number of urea groups is 1. The van der Waals surface area contributed by atoms with Crippen LogP contribution in [-0.2, 0) is 21.2 Å². The Morgan fingerprint density at radius 3 is 2.50 bits per heavy atom. The Morgan fingerprint density at radius 1 is 1.05 bits per heavy atom. The molecule has 2 aliphatic rings. The van der Waals surface area contributed by atoms with Crippen molar-refractivity contribution >= 4 is 33.3 Å². The molecule has 0 unspecified atom stereocenters. The van der Waals surface area contributed by atoms with Gasteiger partial charge in [0.1, 0.15) is 11.9 Å². The van der Waals surface area contributed by atoms with Crippen molar-refractivity contribution in [3.8, 4) is 17.2 Å². The third-order valence-corrected chi connectivity index (χ3v) is 9.04. The van der Waals surface area contributed by atoms with Crippen molar-refractivity contribution in [1.82, 2.24) is 9.80 Å². The fourth-order valence-electron chi connectivity index (χ4n) is 5.07. The third kappa shape index (κ3) is 7.00. The maximum Gasteiger partial charge on any atom is 0.321 e. The van der Waals surface area contributed by atoms with E-state index in [0.29, 0.717) is 28.5 Å². The number of hydrogen-bond acceptors (Lipinski definition) is 8. The Labute approximate surface area is 256 Å². The molecule has 234 valence electrons. The normalized spacial score (nSPS) is 18.6.